The van der Waals surface area contributed by atoms with Crippen LogP contribution in [0.3, 0.4) is 0 Å². The van der Waals surface area contributed by atoms with Crippen molar-refractivity contribution in [1.82, 2.24) is 0 Å². The van der Waals surface area contributed by atoms with E-state index in [0.717, 1.165) is 5.56 Å². The van der Waals surface area contributed by atoms with E-state index in [-0.39, 0.29) is 16.5 Å². The van der Waals surface area contributed by atoms with Crippen molar-refractivity contribution in [3.8, 4) is 5.75 Å². The summed E-state index contributed by atoms with van der Waals surface area (Å²) in [5, 5.41) is 0.674. The van der Waals surface area contributed by atoms with Crippen molar-refractivity contribution in [2.24, 2.45) is 0 Å². The quantitative estimate of drug-likeness (QED) is 0.677. The van der Waals surface area contributed by atoms with E-state index in [1.807, 2.05) is 6.92 Å². The molecule has 2 aromatic carbocycles. The topological polar surface area (TPSA) is 46.6 Å². The summed E-state index contributed by atoms with van der Waals surface area (Å²) in [4.78, 5) is 0.0644. The average molecular weight is 386 g/mol. The summed E-state index contributed by atoms with van der Waals surface area (Å²) in [6, 6.07) is 9.44. The minimum Gasteiger partial charge on any atom is -0.495 e. The Labute approximate surface area is 152 Å². The maximum atomic E-state index is 13.1. The highest BCUT2D eigenvalue weighted by Gasteiger charge is 2.26. The third-order valence-corrected chi connectivity index (χ3v) is 5.75. The Morgan fingerprint density at radius 3 is 2.50 bits per heavy atom. The largest absolute Gasteiger partial charge is 0.495 e. The number of anilines is 1. The standard InChI is InChI=1S/C17H17Cl2NO3S/c1-4-9-20(16-10-13(18)6-5-12(16)2)24(21,22)14-7-8-17(23-3)15(19)11-14/h4-8,10-11H,1,9H2,2-3H3. The molecular formula is C17H17Cl2NO3S. The average Bonchev–Trinajstić information content (AvgIpc) is 2.54. The van der Waals surface area contributed by atoms with E-state index in [9.17, 15) is 8.42 Å². The molecule has 0 fully saturated rings. The fourth-order valence-electron chi connectivity index (χ4n) is 2.23. The first-order valence-electron chi connectivity index (χ1n) is 7.04. The van der Waals surface area contributed by atoms with Crippen molar-refractivity contribution < 1.29 is 13.2 Å². The highest BCUT2D eigenvalue weighted by Crippen LogP contribution is 2.32. The monoisotopic (exact) mass is 385 g/mol. The number of nitrogens with zero attached hydrogens (tertiary/aromatic N) is 1. The third kappa shape index (κ3) is 3.69. The molecule has 7 heteroatoms. The normalized spacial score (nSPS) is 11.2. The first-order valence-corrected chi connectivity index (χ1v) is 9.24. The van der Waals surface area contributed by atoms with Gasteiger partial charge in [0, 0.05) is 5.02 Å². The Bertz CT molecular complexity index is 866. The molecule has 0 bridgehead atoms. The number of methoxy groups -OCH3 is 1. The van der Waals surface area contributed by atoms with Gasteiger partial charge in [-0.25, -0.2) is 8.42 Å². The van der Waals surface area contributed by atoms with Crippen LogP contribution in [0.15, 0.2) is 53.9 Å². The van der Waals surface area contributed by atoms with Gasteiger partial charge in [0.2, 0.25) is 0 Å². The first-order chi connectivity index (χ1) is 11.3. The van der Waals surface area contributed by atoms with E-state index >= 15 is 0 Å². The summed E-state index contributed by atoms with van der Waals surface area (Å²) < 4.78 is 32.5. The second kappa shape index (κ2) is 7.47. The molecule has 4 nitrogen and oxygen atoms in total. The molecule has 0 amide bonds. The van der Waals surface area contributed by atoms with Crippen LogP contribution in [0.2, 0.25) is 10.0 Å². The lowest BCUT2D eigenvalue weighted by Crippen LogP contribution is -2.31. The van der Waals surface area contributed by atoms with E-state index in [4.69, 9.17) is 27.9 Å². The molecule has 0 unspecified atom stereocenters. The molecule has 0 radical (unpaired) electrons. The van der Waals surface area contributed by atoms with Crippen LogP contribution in [0.25, 0.3) is 0 Å². The van der Waals surface area contributed by atoms with Crippen LogP contribution in [0.5, 0.6) is 5.75 Å². The Kier molecular flexibility index (Phi) is 5.80. The second-order valence-corrected chi connectivity index (χ2v) is 7.76. The number of benzene rings is 2. The van der Waals surface area contributed by atoms with Gasteiger partial charge in [0.05, 0.1) is 29.3 Å². The van der Waals surface area contributed by atoms with Gasteiger partial charge in [-0.05, 0) is 42.8 Å². The number of halogens is 2. The van der Waals surface area contributed by atoms with Gasteiger partial charge >= 0.3 is 0 Å². The maximum absolute atomic E-state index is 13.1. The summed E-state index contributed by atoms with van der Waals surface area (Å²) in [5.74, 6) is 0.407. The zero-order valence-corrected chi connectivity index (χ0v) is 15.6. The van der Waals surface area contributed by atoms with Crippen LogP contribution in [0.4, 0.5) is 5.69 Å². The Hall–Kier alpha value is -1.69. The van der Waals surface area contributed by atoms with Gasteiger partial charge < -0.3 is 4.74 Å². The van der Waals surface area contributed by atoms with E-state index in [0.29, 0.717) is 16.5 Å². The number of sulfonamides is 1. The Morgan fingerprint density at radius 2 is 1.92 bits per heavy atom. The number of hydrogen-bond acceptors (Lipinski definition) is 3. The molecule has 0 N–H and O–H groups in total. The van der Waals surface area contributed by atoms with Crippen molar-refractivity contribution in [1.29, 1.82) is 0 Å². The molecule has 0 aliphatic carbocycles. The van der Waals surface area contributed by atoms with Crippen molar-refractivity contribution in [3.05, 3.63) is 64.7 Å². The van der Waals surface area contributed by atoms with E-state index in [1.54, 1.807) is 18.2 Å². The van der Waals surface area contributed by atoms with Gasteiger partial charge in [0.15, 0.2) is 0 Å². The molecule has 2 rings (SSSR count). The van der Waals surface area contributed by atoms with E-state index < -0.39 is 10.0 Å². The molecular weight excluding hydrogens is 369 g/mol. The van der Waals surface area contributed by atoms with E-state index in [1.165, 1.54) is 35.7 Å². The lowest BCUT2D eigenvalue weighted by Gasteiger charge is -2.25. The highest BCUT2D eigenvalue weighted by molar-refractivity contribution is 7.92. The van der Waals surface area contributed by atoms with Crippen LogP contribution >= 0.6 is 23.2 Å². The van der Waals surface area contributed by atoms with Crippen LogP contribution in [-0.2, 0) is 10.0 Å². The van der Waals surface area contributed by atoms with Gasteiger partial charge in [0.25, 0.3) is 10.0 Å². The first kappa shape index (κ1) is 18.6. The zero-order chi connectivity index (χ0) is 17.9. The number of hydrogen-bond donors (Lipinski definition) is 0. The number of aryl methyl sites for hydroxylation is 1. The Balaban J connectivity index is 2.59. The van der Waals surface area contributed by atoms with Gasteiger partial charge in [-0.2, -0.15) is 0 Å². The molecule has 0 saturated carbocycles. The van der Waals surface area contributed by atoms with Crippen molar-refractivity contribution >= 4 is 38.9 Å². The fourth-order valence-corrected chi connectivity index (χ4v) is 4.24. The third-order valence-electron chi connectivity index (χ3n) is 3.45. The highest BCUT2D eigenvalue weighted by atomic mass is 35.5. The molecule has 0 spiro atoms. The molecule has 0 atom stereocenters. The Morgan fingerprint density at radius 1 is 1.21 bits per heavy atom. The molecule has 0 heterocycles. The molecule has 0 saturated heterocycles. The minimum atomic E-state index is -3.84. The molecule has 2 aromatic rings. The van der Waals surface area contributed by atoms with Gasteiger partial charge in [0.1, 0.15) is 5.75 Å². The lowest BCUT2D eigenvalue weighted by molar-refractivity contribution is 0.414. The van der Waals surface area contributed by atoms with Crippen molar-refractivity contribution in [2.75, 3.05) is 18.0 Å². The maximum Gasteiger partial charge on any atom is 0.264 e. The molecule has 0 aromatic heterocycles. The predicted octanol–water partition coefficient (Wildman–Crippen LogP) is 4.69. The summed E-state index contributed by atoms with van der Waals surface area (Å²) in [6.45, 7) is 5.57. The number of rotatable bonds is 6. The molecule has 0 aliphatic rings. The smallest absolute Gasteiger partial charge is 0.264 e. The minimum absolute atomic E-state index is 0.0644. The predicted molar refractivity (Wildman–Crippen MR) is 98.9 cm³/mol. The molecule has 24 heavy (non-hydrogen) atoms. The summed E-state index contributed by atoms with van der Waals surface area (Å²) in [7, 11) is -2.37. The molecule has 128 valence electrons. The van der Waals surface area contributed by atoms with Crippen LogP contribution < -0.4 is 9.04 Å². The summed E-state index contributed by atoms with van der Waals surface area (Å²) >= 11 is 12.1. The van der Waals surface area contributed by atoms with E-state index in [2.05, 4.69) is 6.58 Å². The van der Waals surface area contributed by atoms with Crippen LogP contribution in [0.1, 0.15) is 5.56 Å². The van der Waals surface area contributed by atoms with Gasteiger partial charge in [-0.1, -0.05) is 35.3 Å². The molecule has 0 aliphatic heterocycles. The van der Waals surface area contributed by atoms with Gasteiger partial charge in [-0.15, -0.1) is 6.58 Å². The summed E-state index contributed by atoms with van der Waals surface area (Å²) in [5.41, 5.74) is 1.28. The summed E-state index contributed by atoms with van der Waals surface area (Å²) in [6.07, 6.45) is 1.52. The SMILES string of the molecule is C=CCN(c1cc(Cl)ccc1C)S(=O)(=O)c1ccc(OC)c(Cl)c1. The van der Waals surface area contributed by atoms with Crippen LogP contribution in [-0.4, -0.2) is 22.1 Å². The lowest BCUT2D eigenvalue weighted by atomic mass is 10.2. The van der Waals surface area contributed by atoms with Crippen molar-refractivity contribution in [3.63, 3.8) is 0 Å². The van der Waals surface area contributed by atoms with Crippen LogP contribution in [0, 0.1) is 6.92 Å². The zero-order valence-electron chi connectivity index (χ0n) is 13.3. The number of ether oxygens (including phenoxy) is 1. The second-order valence-electron chi connectivity index (χ2n) is 5.05. The fraction of sp³-hybridized carbons (Fsp3) is 0.176. The van der Waals surface area contributed by atoms with Crippen molar-refractivity contribution in [2.45, 2.75) is 11.8 Å². The van der Waals surface area contributed by atoms with Gasteiger partial charge in [-0.3, -0.25) is 4.31 Å².